The number of amides is 1. The lowest BCUT2D eigenvalue weighted by Gasteiger charge is -2.08. The highest BCUT2D eigenvalue weighted by atomic mass is 16.2. The number of aromatic nitrogens is 1. The van der Waals surface area contributed by atoms with E-state index in [4.69, 9.17) is 11.5 Å². The van der Waals surface area contributed by atoms with E-state index >= 15 is 0 Å². The Morgan fingerprint density at radius 3 is 2.69 bits per heavy atom. The summed E-state index contributed by atoms with van der Waals surface area (Å²) in [6.45, 7) is 1.54. The van der Waals surface area contributed by atoms with Crippen molar-refractivity contribution >= 4 is 11.6 Å². The highest BCUT2D eigenvalue weighted by molar-refractivity contribution is 5.73. The Morgan fingerprint density at radius 1 is 1.54 bits per heavy atom. The zero-order chi connectivity index (χ0) is 10.0. The van der Waals surface area contributed by atoms with Gasteiger partial charge in [0.05, 0.1) is 5.69 Å². The van der Waals surface area contributed by atoms with Crippen molar-refractivity contribution in [1.82, 2.24) is 4.57 Å². The number of pyridine rings is 1. The van der Waals surface area contributed by atoms with Crippen molar-refractivity contribution < 1.29 is 4.79 Å². The van der Waals surface area contributed by atoms with Gasteiger partial charge in [0.2, 0.25) is 5.91 Å². The van der Waals surface area contributed by atoms with Gasteiger partial charge >= 0.3 is 0 Å². The first-order valence-corrected chi connectivity index (χ1v) is 3.76. The predicted molar refractivity (Wildman–Crippen MR) is 49.0 cm³/mol. The lowest BCUT2D eigenvalue weighted by atomic mass is 10.3. The molecule has 1 rings (SSSR count). The van der Waals surface area contributed by atoms with Crippen LogP contribution in [0.4, 0.5) is 5.69 Å². The molecule has 0 unspecified atom stereocenters. The van der Waals surface area contributed by atoms with E-state index in [2.05, 4.69) is 0 Å². The number of carbonyl (C=O) groups is 1. The summed E-state index contributed by atoms with van der Waals surface area (Å²) < 4.78 is 1.25. The van der Waals surface area contributed by atoms with Gasteiger partial charge in [-0.25, -0.2) is 0 Å². The van der Waals surface area contributed by atoms with Crippen molar-refractivity contribution in [3.63, 3.8) is 0 Å². The predicted octanol–water partition coefficient (Wildman–Crippen LogP) is -0.776. The molecule has 5 nitrogen and oxygen atoms in total. The molecule has 1 aromatic rings. The normalized spacial score (nSPS) is 9.92. The van der Waals surface area contributed by atoms with E-state index in [1.54, 1.807) is 6.92 Å². The van der Waals surface area contributed by atoms with E-state index < -0.39 is 5.91 Å². The summed E-state index contributed by atoms with van der Waals surface area (Å²) >= 11 is 0. The number of nitrogens with zero attached hydrogens (tertiary/aromatic N) is 1. The number of nitrogens with two attached hydrogens (primary N) is 2. The minimum absolute atomic E-state index is 0.129. The van der Waals surface area contributed by atoms with Crippen molar-refractivity contribution in [1.29, 1.82) is 0 Å². The maximum Gasteiger partial charge on any atom is 0.251 e. The number of hydrogen-bond donors (Lipinski definition) is 2. The first-order valence-electron chi connectivity index (χ1n) is 3.76. The van der Waals surface area contributed by atoms with Gasteiger partial charge in [0, 0.05) is 11.8 Å². The monoisotopic (exact) mass is 181 g/mol. The Bertz CT molecular complexity index is 395. The summed E-state index contributed by atoms with van der Waals surface area (Å²) in [5, 5.41) is 0. The van der Waals surface area contributed by atoms with Crippen LogP contribution < -0.4 is 17.0 Å². The molecule has 0 aromatic carbocycles. The van der Waals surface area contributed by atoms with E-state index in [-0.39, 0.29) is 12.1 Å². The van der Waals surface area contributed by atoms with Crippen LogP contribution in [-0.2, 0) is 11.3 Å². The van der Waals surface area contributed by atoms with Gasteiger partial charge in [-0.2, -0.15) is 0 Å². The van der Waals surface area contributed by atoms with Crippen molar-refractivity contribution in [2.24, 2.45) is 5.73 Å². The van der Waals surface area contributed by atoms with Gasteiger partial charge < -0.3 is 16.0 Å². The molecule has 1 heterocycles. The van der Waals surface area contributed by atoms with Crippen LogP contribution in [0, 0.1) is 6.92 Å². The molecule has 13 heavy (non-hydrogen) atoms. The van der Waals surface area contributed by atoms with Crippen LogP contribution in [0.15, 0.2) is 16.9 Å². The van der Waals surface area contributed by atoms with Crippen LogP contribution in [-0.4, -0.2) is 10.5 Å². The van der Waals surface area contributed by atoms with Crippen molar-refractivity contribution in [3.05, 3.63) is 28.2 Å². The molecule has 5 heteroatoms. The van der Waals surface area contributed by atoms with E-state index in [0.717, 1.165) is 0 Å². The molecule has 0 aliphatic carbocycles. The minimum Gasteiger partial charge on any atom is -0.397 e. The lowest BCUT2D eigenvalue weighted by Crippen LogP contribution is -2.29. The van der Waals surface area contributed by atoms with Gasteiger partial charge in [0.1, 0.15) is 6.54 Å². The molecule has 0 atom stereocenters. The van der Waals surface area contributed by atoms with Crippen LogP contribution >= 0.6 is 0 Å². The summed E-state index contributed by atoms with van der Waals surface area (Å²) in [5.41, 5.74) is 11.3. The highest BCUT2D eigenvalue weighted by Gasteiger charge is 2.05. The number of nitrogen functional groups attached to an aromatic ring is 1. The average Bonchev–Trinajstić information content (AvgIpc) is 2.05. The Hall–Kier alpha value is -1.78. The fourth-order valence-corrected chi connectivity index (χ4v) is 1.05. The van der Waals surface area contributed by atoms with Crippen LogP contribution in [0.2, 0.25) is 0 Å². The van der Waals surface area contributed by atoms with E-state index in [1.165, 1.54) is 16.7 Å². The van der Waals surface area contributed by atoms with Gasteiger partial charge in [-0.05, 0) is 13.0 Å². The highest BCUT2D eigenvalue weighted by Crippen LogP contribution is 2.05. The zero-order valence-electron chi connectivity index (χ0n) is 7.28. The van der Waals surface area contributed by atoms with Crippen LogP contribution in [0.3, 0.4) is 0 Å². The van der Waals surface area contributed by atoms with Crippen molar-refractivity contribution in [2.45, 2.75) is 13.5 Å². The van der Waals surface area contributed by atoms with Crippen LogP contribution in [0.5, 0.6) is 0 Å². The third kappa shape index (κ3) is 1.87. The molecule has 0 spiro atoms. The first kappa shape index (κ1) is 9.31. The maximum atomic E-state index is 11.2. The smallest absolute Gasteiger partial charge is 0.251 e. The maximum absolute atomic E-state index is 11.2. The standard InChI is InChI=1S/C8H11N3O2/c1-5-6(9)2-3-8(13)11(5)4-7(10)12/h2-3H,4,9H2,1H3,(H2,10,12). The topological polar surface area (TPSA) is 91.1 Å². The molecule has 0 radical (unpaired) electrons. The molecule has 0 aliphatic heterocycles. The number of hydrogen-bond acceptors (Lipinski definition) is 3. The number of primary amides is 1. The Balaban J connectivity index is 3.25. The van der Waals surface area contributed by atoms with Crippen LogP contribution in [0.1, 0.15) is 5.69 Å². The minimum atomic E-state index is -0.559. The van der Waals surface area contributed by atoms with E-state index in [0.29, 0.717) is 11.4 Å². The molecule has 0 bridgehead atoms. The molecule has 4 N–H and O–H groups in total. The summed E-state index contributed by atoms with van der Waals surface area (Å²) in [5.74, 6) is -0.559. The molecule has 70 valence electrons. The van der Waals surface area contributed by atoms with Crippen molar-refractivity contribution in [2.75, 3.05) is 5.73 Å². The molecular weight excluding hydrogens is 170 g/mol. The Morgan fingerprint density at radius 2 is 2.15 bits per heavy atom. The zero-order valence-corrected chi connectivity index (χ0v) is 7.28. The van der Waals surface area contributed by atoms with E-state index in [1.807, 2.05) is 0 Å². The van der Waals surface area contributed by atoms with Gasteiger partial charge in [0.15, 0.2) is 0 Å². The van der Waals surface area contributed by atoms with Crippen LogP contribution in [0.25, 0.3) is 0 Å². The third-order valence-electron chi connectivity index (χ3n) is 1.81. The first-order chi connectivity index (χ1) is 6.02. The molecule has 1 amide bonds. The van der Waals surface area contributed by atoms with Crippen molar-refractivity contribution in [3.8, 4) is 0 Å². The summed E-state index contributed by atoms with van der Waals surface area (Å²) in [4.78, 5) is 21.8. The fraction of sp³-hybridized carbons (Fsp3) is 0.250. The fourth-order valence-electron chi connectivity index (χ4n) is 1.05. The van der Waals surface area contributed by atoms with Gasteiger partial charge in [-0.3, -0.25) is 9.59 Å². The molecule has 0 saturated carbocycles. The Kier molecular flexibility index (Phi) is 2.36. The second kappa shape index (κ2) is 3.30. The van der Waals surface area contributed by atoms with E-state index in [9.17, 15) is 9.59 Å². The Labute approximate surface area is 75.0 Å². The largest absolute Gasteiger partial charge is 0.397 e. The molecule has 1 aromatic heterocycles. The number of carbonyl (C=O) groups excluding carboxylic acids is 1. The quantitative estimate of drug-likeness (QED) is 0.627. The SMILES string of the molecule is Cc1c(N)ccc(=O)n1CC(N)=O. The second-order valence-corrected chi connectivity index (χ2v) is 2.76. The third-order valence-corrected chi connectivity index (χ3v) is 1.81. The summed E-state index contributed by atoms with van der Waals surface area (Å²) in [6, 6.07) is 2.82. The number of rotatable bonds is 2. The van der Waals surface area contributed by atoms with Gasteiger partial charge in [0.25, 0.3) is 5.56 Å². The van der Waals surface area contributed by atoms with Gasteiger partial charge in [-0.15, -0.1) is 0 Å². The molecule has 0 fully saturated rings. The summed E-state index contributed by atoms with van der Waals surface area (Å²) in [6.07, 6.45) is 0. The second-order valence-electron chi connectivity index (χ2n) is 2.76. The summed E-state index contributed by atoms with van der Waals surface area (Å²) in [7, 11) is 0. The molecule has 0 aliphatic rings. The molecular formula is C8H11N3O2. The average molecular weight is 181 g/mol. The number of anilines is 1. The van der Waals surface area contributed by atoms with Gasteiger partial charge in [-0.1, -0.05) is 0 Å². The lowest BCUT2D eigenvalue weighted by molar-refractivity contribution is -0.118. The molecule has 0 saturated heterocycles.